The Morgan fingerprint density at radius 3 is 2.75 bits per heavy atom. The van der Waals surface area contributed by atoms with E-state index in [1.54, 1.807) is 7.11 Å². The van der Waals surface area contributed by atoms with E-state index in [2.05, 4.69) is 6.07 Å². The molecule has 0 saturated carbocycles. The number of hydrogen-bond donors (Lipinski definition) is 1. The number of allylic oxidation sites excluding steroid dienone is 3. The molecule has 4 rings (SSSR count). The summed E-state index contributed by atoms with van der Waals surface area (Å²) in [5.41, 5.74) is 7.65. The number of hydrogen-bond acceptors (Lipinski definition) is 5. The molecule has 1 atom stereocenters. The maximum atomic E-state index is 13.1. The molecule has 0 fully saturated rings. The summed E-state index contributed by atoms with van der Waals surface area (Å²) in [6.45, 7) is 4.08. The second kappa shape index (κ2) is 6.42. The molecule has 2 aromatic carbocycles. The molecule has 0 radical (unpaired) electrons. The minimum absolute atomic E-state index is 0.0158. The zero-order valence-corrected chi connectivity index (χ0v) is 16.2. The van der Waals surface area contributed by atoms with Gasteiger partial charge in [-0.05, 0) is 33.9 Å². The molecular weight excluding hydrogens is 352 g/mol. The van der Waals surface area contributed by atoms with Gasteiger partial charge in [0.25, 0.3) is 0 Å². The van der Waals surface area contributed by atoms with Crippen LogP contribution >= 0.6 is 0 Å². The van der Waals surface area contributed by atoms with Crippen LogP contribution in [0.1, 0.15) is 38.2 Å². The number of fused-ring (bicyclic) bond motifs is 1. The number of nitriles is 1. The fourth-order valence-corrected chi connectivity index (χ4v) is 4.26. The fourth-order valence-electron chi connectivity index (χ4n) is 4.26. The molecule has 142 valence electrons. The molecule has 28 heavy (non-hydrogen) atoms. The van der Waals surface area contributed by atoms with Gasteiger partial charge in [-0.1, -0.05) is 38.1 Å². The molecule has 1 heterocycles. The Bertz CT molecular complexity index is 1100. The van der Waals surface area contributed by atoms with Crippen molar-refractivity contribution in [1.82, 2.24) is 0 Å². The first kappa shape index (κ1) is 18.1. The normalized spacial score (nSPS) is 21.2. The molecule has 1 aliphatic carbocycles. The van der Waals surface area contributed by atoms with E-state index >= 15 is 0 Å². The minimum Gasteiger partial charge on any atom is -0.497 e. The highest BCUT2D eigenvalue weighted by Gasteiger charge is 2.43. The van der Waals surface area contributed by atoms with E-state index in [0.29, 0.717) is 24.2 Å². The van der Waals surface area contributed by atoms with E-state index in [0.717, 1.165) is 22.1 Å². The van der Waals surface area contributed by atoms with Gasteiger partial charge in [0.1, 0.15) is 23.2 Å². The van der Waals surface area contributed by atoms with Crippen LogP contribution in [0.25, 0.3) is 10.8 Å². The maximum absolute atomic E-state index is 13.1. The zero-order chi connectivity index (χ0) is 20.1. The Morgan fingerprint density at radius 2 is 2.04 bits per heavy atom. The van der Waals surface area contributed by atoms with Crippen molar-refractivity contribution in [3.05, 3.63) is 64.8 Å². The van der Waals surface area contributed by atoms with Gasteiger partial charge in [0.05, 0.1) is 13.0 Å². The standard InChI is InChI=1S/C23H22N2O3/c1-23(2)10-18(26)21-19(11-23)28-22(25)17(12-24)20(21)16-6-4-5-13-9-14(27-3)7-8-15(13)16/h4-9,20H,10-11,25H2,1-3H3. The number of methoxy groups -OCH3 is 1. The number of ether oxygens (including phenoxy) is 2. The predicted octanol–water partition coefficient (Wildman–Crippen LogP) is 4.30. The van der Waals surface area contributed by atoms with Crippen LogP contribution in [0.3, 0.4) is 0 Å². The number of carbonyl (C=O) groups is 1. The summed E-state index contributed by atoms with van der Waals surface area (Å²) in [6, 6.07) is 13.8. The molecule has 1 aliphatic heterocycles. The molecule has 2 aromatic rings. The van der Waals surface area contributed by atoms with Crippen LogP contribution < -0.4 is 10.5 Å². The van der Waals surface area contributed by atoms with Crippen LogP contribution in [-0.4, -0.2) is 12.9 Å². The Morgan fingerprint density at radius 1 is 1.25 bits per heavy atom. The van der Waals surface area contributed by atoms with Crippen LogP contribution in [0.2, 0.25) is 0 Å². The van der Waals surface area contributed by atoms with E-state index in [1.165, 1.54) is 0 Å². The van der Waals surface area contributed by atoms with E-state index in [4.69, 9.17) is 15.2 Å². The van der Waals surface area contributed by atoms with E-state index in [9.17, 15) is 10.1 Å². The van der Waals surface area contributed by atoms with Gasteiger partial charge in [-0.25, -0.2) is 0 Å². The van der Waals surface area contributed by atoms with Gasteiger partial charge >= 0.3 is 0 Å². The highest BCUT2D eigenvalue weighted by Crippen LogP contribution is 2.49. The summed E-state index contributed by atoms with van der Waals surface area (Å²) < 4.78 is 11.1. The topological polar surface area (TPSA) is 85.3 Å². The zero-order valence-electron chi connectivity index (χ0n) is 16.2. The molecule has 0 saturated heterocycles. The quantitative estimate of drug-likeness (QED) is 0.847. The number of Topliss-reactive ketones (excluding diaryl/α,β-unsaturated/α-hetero) is 1. The smallest absolute Gasteiger partial charge is 0.205 e. The van der Waals surface area contributed by atoms with Gasteiger partial charge in [-0.15, -0.1) is 0 Å². The second-order valence-electron chi connectivity index (χ2n) is 8.14. The lowest BCUT2D eigenvalue weighted by atomic mass is 9.70. The number of ketones is 1. The van der Waals surface area contributed by atoms with Crippen molar-refractivity contribution in [2.75, 3.05) is 7.11 Å². The molecule has 0 bridgehead atoms. The lowest BCUT2D eigenvalue weighted by Crippen LogP contribution is -2.33. The van der Waals surface area contributed by atoms with E-state index in [1.807, 2.05) is 50.2 Å². The summed E-state index contributed by atoms with van der Waals surface area (Å²) in [5, 5.41) is 11.7. The largest absolute Gasteiger partial charge is 0.497 e. The summed E-state index contributed by atoms with van der Waals surface area (Å²) in [5.74, 6) is 0.926. The van der Waals surface area contributed by atoms with Crippen molar-refractivity contribution in [3.8, 4) is 11.8 Å². The van der Waals surface area contributed by atoms with Crippen LogP contribution in [0.15, 0.2) is 59.2 Å². The molecule has 0 spiro atoms. The minimum atomic E-state index is -0.519. The number of nitrogens with two attached hydrogens (primary N) is 1. The fraction of sp³-hybridized carbons (Fsp3) is 0.304. The average molecular weight is 374 g/mol. The van der Waals surface area contributed by atoms with Crippen molar-refractivity contribution in [1.29, 1.82) is 5.26 Å². The molecule has 5 nitrogen and oxygen atoms in total. The van der Waals surface area contributed by atoms with Gasteiger partial charge in [-0.3, -0.25) is 4.79 Å². The highest BCUT2D eigenvalue weighted by atomic mass is 16.5. The Kier molecular flexibility index (Phi) is 4.15. The number of rotatable bonds is 2. The third-order valence-electron chi connectivity index (χ3n) is 5.51. The Labute approximate surface area is 164 Å². The van der Waals surface area contributed by atoms with Crippen LogP contribution in [0.5, 0.6) is 5.75 Å². The molecule has 2 N–H and O–H groups in total. The van der Waals surface area contributed by atoms with Gasteiger partial charge in [0.2, 0.25) is 5.88 Å². The Hall–Kier alpha value is -3.26. The highest BCUT2D eigenvalue weighted by molar-refractivity contribution is 6.01. The van der Waals surface area contributed by atoms with Gasteiger partial charge in [0.15, 0.2) is 5.78 Å². The first-order valence-electron chi connectivity index (χ1n) is 9.25. The monoisotopic (exact) mass is 374 g/mol. The van der Waals surface area contributed by atoms with E-state index < -0.39 is 5.92 Å². The molecule has 1 unspecified atom stereocenters. The third kappa shape index (κ3) is 2.82. The Balaban J connectivity index is 1.97. The summed E-state index contributed by atoms with van der Waals surface area (Å²) in [7, 11) is 1.63. The molecule has 2 aliphatic rings. The van der Waals surface area contributed by atoms with E-state index in [-0.39, 0.29) is 22.7 Å². The predicted molar refractivity (Wildman–Crippen MR) is 106 cm³/mol. The molecular formula is C23H22N2O3. The lowest BCUT2D eigenvalue weighted by Gasteiger charge is -2.37. The van der Waals surface area contributed by atoms with Crippen LogP contribution in [0.4, 0.5) is 0 Å². The maximum Gasteiger partial charge on any atom is 0.205 e. The van der Waals surface area contributed by atoms with Gasteiger partial charge < -0.3 is 15.2 Å². The van der Waals surface area contributed by atoms with Crippen molar-refractivity contribution in [3.63, 3.8) is 0 Å². The molecule has 5 heteroatoms. The molecule has 0 amide bonds. The van der Waals surface area contributed by atoms with Crippen molar-refractivity contribution in [2.45, 2.75) is 32.6 Å². The van der Waals surface area contributed by atoms with Crippen LogP contribution in [-0.2, 0) is 9.53 Å². The van der Waals surface area contributed by atoms with Crippen molar-refractivity contribution in [2.24, 2.45) is 11.1 Å². The SMILES string of the molecule is COc1ccc2c(C3C(C#N)=C(N)OC4=C3C(=O)CC(C)(C)C4)cccc2c1. The van der Waals surface area contributed by atoms with Crippen LogP contribution in [0, 0.1) is 16.7 Å². The average Bonchev–Trinajstić information content (AvgIpc) is 2.65. The lowest BCUT2D eigenvalue weighted by molar-refractivity contribution is -0.119. The third-order valence-corrected chi connectivity index (χ3v) is 5.51. The number of nitrogens with zero attached hydrogens (tertiary/aromatic N) is 1. The first-order valence-corrected chi connectivity index (χ1v) is 9.25. The summed E-state index contributed by atoms with van der Waals surface area (Å²) in [4.78, 5) is 13.1. The van der Waals surface area contributed by atoms with Gasteiger partial charge in [0, 0.05) is 18.4 Å². The van der Waals surface area contributed by atoms with Gasteiger partial charge in [-0.2, -0.15) is 5.26 Å². The number of carbonyl (C=O) groups excluding carboxylic acids is 1. The molecule has 0 aromatic heterocycles. The van der Waals surface area contributed by atoms with Crippen molar-refractivity contribution >= 4 is 16.6 Å². The summed E-state index contributed by atoms with van der Waals surface area (Å²) >= 11 is 0. The second-order valence-corrected chi connectivity index (χ2v) is 8.14. The van der Waals surface area contributed by atoms with Crippen molar-refractivity contribution < 1.29 is 14.3 Å². The summed E-state index contributed by atoms with van der Waals surface area (Å²) in [6.07, 6.45) is 1.03. The number of benzene rings is 2. The first-order chi connectivity index (χ1) is 13.3.